The Morgan fingerprint density at radius 3 is 2.74 bits per heavy atom. The Kier molecular flexibility index (Phi) is 4.44. The van der Waals surface area contributed by atoms with E-state index < -0.39 is 12.5 Å². The van der Waals surface area contributed by atoms with Gasteiger partial charge in [0.25, 0.3) is 6.43 Å². The molecule has 6 heteroatoms. The molecule has 0 saturated carbocycles. The minimum absolute atomic E-state index is 0.114. The van der Waals surface area contributed by atoms with Gasteiger partial charge in [-0.25, -0.2) is 13.8 Å². The van der Waals surface area contributed by atoms with Crippen LogP contribution in [0.2, 0.25) is 0 Å². The zero-order chi connectivity index (χ0) is 13.8. The van der Waals surface area contributed by atoms with Crippen LogP contribution in [0.15, 0.2) is 24.3 Å². The number of fused-ring (bicyclic) bond motifs is 1. The summed E-state index contributed by atoms with van der Waals surface area (Å²) in [6.07, 6.45) is -1.48. The maximum absolute atomic E-state index is 12.8. The maximum atomic E-state index is 12.8. The van der Waals surface area contributed by atoms with Gasteiger partial charge in [0, 0.05) is 13.0 Å². The molecule has 0 fully saturated rings. The summed E-state index contributed by atoms with van der Waals surface area (Å²) in [6, 6.07) is 6.58. The number of hydrazine groups is 1. The predicted molar refractivity (Wildman–Crippen MR) is 70.8 cm³/mol. The van der Waals surface area contributed by atoms with Gasteiger partial charge in [-0.2, -0.15) is 0 Å². The minimum Gasteiger partial charge on any atom is -0.328 e. The smallest absolute Gasteiger partial charge is 0.255 e. The highest BCUT2D eigenvalue weighted by Gasteiger charge is 2.22. The van der Waals surface area contributed by atoms with E-state index in [0.29, 0.717) is 5.82 Å². The molecular weight excluding hydrogens is 250 g/mol. The number of aromatic nitrogens is 2. The van der Waals surface area contributed by atoms with E-state index in [1.54, 1.807) is 0 Å². The van der Waals surface area contributed by atoms with Gasteiger partial charge in [-0.15, -0.1) is 0 Å². The Morgan fingerprint density at radius 2 is 2.11 bits per heavy atom. The van der Waals surface area contributed by atoms with Crippen LogP contribution in [0.1, 0.15) is 19.2 Å². The highest BCUT2D eigenvalue weighted by atomic mass is 19.3. The number of halogens is 2. The number of rotatable bonds is 6. The molecule has 0 radical (unpaired) electrons. The average Bonchev–Trinajstić information content (AvgIpc) is 2.74. The van der Waals surface area contributed by atoms with Crippen LogP contribution >= 0.6 is 0 Å². The largest absolute Gasteiger partial charge is 0.328 e. The van der Waals surface area contributed by atoms with Crippen molar-refractivity contribution >= 4 is 11.0 Å². The number of hydrogen-bond donors (Lipinski definition) is 2. The molecule has 1 unspecified atom stereocenters. The highest BCUT2D eigenvalue weighted by Crippen LogP contribution is 2.18. The molecule has 1 aromatic carbocycles. The summed E-state index contributed by atoms with van der Waals surface area (Å²) in [5.74, 6) is 5.82. The fourth-order valence-electron chi connectivity index (χ4n) is 2.17. The van der Waals surface area contributed by atoms with Crippen molar-refractivity contribution in [2.75, 3.05) is 0 Å². The van der Waals surface area contributed by atoms with Gasteiger partial charge in [-0.05, 0) is 18.6 Å². The van der Waals surface area contributed by atoms with E-state index in [9.17, 15) is 8.78 Å². The van der Waals surface area contributed by atoms with E-state index in [4.69, 9.17) is 5.84 Å². The standard InChI is InChI=1S/C13H18F2N4/c1-2-7-19-11-6-4-3-5-9(11)17-12(19)8-10(18-16)13(14)15/h3-6,10,13,18H,2,7-8,16H2,1H3. The lowest BCUT2D eigenvalue weighted by Crippen LogP contribution is -2.42. The Hall–Kier alpha value is -1.53. The predicted octanol–water partition coefficient (Wildman–Crippen LogP) is 2.09. The topological polar surface area (TPSA) is 55.9 Å². The molecule has 0 bridgehead atoms. The maximum Gasteiger partial charge on any atom is 0.255 e. The third-order valence-corrected chi connectivity index (χ3v) is 3.10. The van der Waals surface area contributed by atoms with Gasteiger partial charge in [-0.1, -0.05) is 19.1 Å². The number of nitrogens with two attached hydrogens (primary N) is 1. The van der Waals surface area contributed by atoms with Crippen molar-refractivity contribution < 1.29 is 8.78 Å². The van der Waals surface area contributed by atoms with Crippen molar-refractivity contribution in [3.63, 3.8) is 0 Å². The third kappa shape index (κ3) is 2.90. The first kappa shape index (κ1) is 13.9. The summed E-state index contributed by atoms with van der Waals surface area (Å²) >= 11 is 0. The van der Waals surface area contributed by atoms with Gasteiger partial charge < -0.3 is 4.57 Å². The molecule has 1 heterocycles. The van der Waals surface area contributed by atoms with Crippen molar-refractivity contribution in [2.45, 2.75) is 38.8 Å². The quantitative estimate of drug-likeness (QED) is 0.623. The Labute approximate surface area is 110 Å². The molecule has 1 atom stereocenters. The Bertz CT molecular complexity index is 538. The highest BCUT2D eigenvalue weighted by molar-refractivity contribution is 5.75. The van der Waals surface area contributed by atoms with Gasteiger partial charge in [0.05, 0.1) is 17.1 Å². The number of para-hydroxylation sites is 2. The van der Waals surface area contributed by atoms with Crippen molar-refractivity contribution in [3.8, 4) is 0 Å². The first-order valence-electron chi connectivity index (χ1n) is 6.35. The van der Waals surface area contributed by atoms with Gasteiger partial charge in [0.15, 0.2) is 0 Å². The first-order chi connectivity index (χ1) is 9.17. The van der Waals surface area contributed by atoms with Crippen LogP contribution in [0.5, 0.6) is 0 Å². The lowest BCUT2D eigenvalue weighted by molar-refractivity contribution is 0.0971. The van der Waals surface area contributed by atoms with Crippen LogP contribution in [0, 0.1) is 0 Å². The minimum atomic E-state index is -2.51. The monoisotopic (exact) mass is 268 g/mol. The van der Waals surface area contributed by atoms with E-state index in [2.05, 4.69) is 10.4 Å². The van der Waals surface area contributed by atoms with Gasteiger partial charge in [0.1, 0.15) is 5.82 Å². The van der Waals surface area contributed by atoms with Gasteiger partial charge >= 0.3 is 0 Å². The fourth-order valence-corrected chi connectivity index (χ4v) is 2.17. The van der Waals surface area contributed by atoms with Crippen LogP contribution in [0.25, 0.3) is 11.0 Å². The molecule has 2 aromatic rings. The molecule has 4 nitrogen and oxygen atoms in total. The fraction of sp³-hybridized carbons (Fsp3) is 0.462. The van der Waals surface area contributed by atoms with Gasteiger partial charge in [-0.3, -0.25) is 11.3 Å². The lowest BCUT2D eigenvalue weighted by atomic mass is 10.2. The normalized spacial score (nSPS) is 13.3. The molecular formula is C13H18F2N4. The number of nitrogens with one attached hydrogen (secondary N) is 1. The van der Waals surface area contributed by atoms with E-state index in [0.717, 1.165) is 24.0 Å². The molecule has 0 spiro atoms. The van der Waals surface area contributed by atoms with Crippen molar-refractivity contribution in [1.82, 2.24) is 15.0 Å². The van der Waals surface area contributed by atoms with Crippen LogP contribution in [0.3, 0.4) is 0 Å². The molecule has 2 rings (SSSR count). The van der Waals surface area contributed by atoms with E-state index in [-0.39, 0.29) is 6.42 Å². The second kappa shape index (κ2) is 6.08. The SMILES string of the molecule is CCCn1c(CC(NN)C(F)F)nc2ccccc21. The molecule has 3 N–H and O–H groups in total. The molecule has 0 aliphatic heterocycles. The summed E-state index contributed by atoms with van der Waals surface area (Å²) < 4.78 is 27.5. The molecule has 104 valence electrons. The molecule has 1 aromatic heterocycles. The summed E-state index contributed by atoms with van der Waals surface area (Å²) in [7, 11) is 0. The average molecular weight is 268 g/mol. The summed E-state index contributed by atoms with van der Waals surface area (Å²) in [5.41, 5.74) is 3.97. The van der Waals surface area contributed by atoms with Crippen LogP contribution in [-0.4, -0.2) is 22.0 Å². The second-order valence-electron chi connectivity index (χ2n) is 4.48. The van der Waals surface area contributed by atoms with Crippen molar-refractivity contribution in [3.05, 3.63) is 30.1 Å². The zero-order valence-electron chi connectivity index (χ0n) is 10.8. The summed E-state index contributed by atoms with van der Waals surface area (Å²) in [4.78, 5) is 4.44. The molecule has 0 amide bonds. The molecule has 0 saturated heterocycles. The third-order valence-electron chi connectivity index (χ3n) is 3.10. The number of hydrogen-bond acceptors (Lipinski definition) is 3. The number of aryl methyl sites for hydroxylation is 1. The van der Waals surface area contributed by atoms with Gasteiger partial charge in [0.2, 0.25) is 0 Å². The Balaban J connectivity index is 2.38. The first-order valence-corrected chi connectivity index (χ1v) is 6.35. The van der Waals surface area contributed by atoms with E-state index in [1.807, 2.05) is 35.8 Å². The van der Waals surface area contributed by atoms with Crippen LogP contribution in [0.4, 0.5) is 8.78 Å². The molecule has 19 heavy (non-hydrogen) atoms. The summed E-state index contributed by atoms with van der Waals surface area (Å²) in [5, 5.41) is 0. The van der Waals surface area contributed by atoms with Crippen LogP contribution < -0.4 is 11.3 Å². The molecule has 0 aliphatic carbocycles. The Morgan fingerprint density at radius 1 is 1.37 bits per heavy atom. The van der Waals surface area contributed by atoms with E-state index in [1.165, 1.54) is 0 Å². The zero-order valence-corrected chi connectivity index (χ0v) is 10.8. The number of benzene rings is 1. The van der Waals surface area contributed by atoms with Crippen LogP contribution in [-0.2, 0) is 13.0 Å². The lowest BCUT2D eigenvalue weighted by Gasteiger charge is -2.15. The van der Waals surface area contributed by atoms with Crippen molar-refractivity contribution in [1.29, 1.82) is 0 Å². The molecule has 0 aliphatic rings. The second-order valence-corrected chi connectivity index (χ2v) is 4.48. The van der Waals surface area contributed by atoms with Crippen molar-refractivity contribution in [2.24, 2.45) is 5.84 Å². The number of imidazole rings is 1. The number of nitrogens with zero attached hydrogens (tertiary/aromatic N) is 2. The number of alkyl halides is 2. The summed E-state index contributed by atoms with van der Waals surface area (Å²) in [6.45, 7) is 2.81. The van der Waals surface area contributed by atoms with E-state index >= 15 is 0 Å².